The second-order valence-electron chi connectivity index (χ2n) is 11.5. The molecule has 6 rings (SSSR count). The summed E-state index contributed by atoms with van der Waals surface area (Å²) in [5.74, 6) is 0.254. The summed E-state index contributed by atoms with van der Waals surface area (Å²) in [4.78, 5) is 33.3. The largest absolute Gasteiger partial charge is 0.393 e. The zero-order chi connectivity index (χ0) is 23.9. The van der Waals surface area contributed by atoms with E-state index < -0.39 is 23.7 Å². The van der Waals surface area contributed by atoms with Gasteiger partial charge in [0.1, 0.15) is 6.61 Å². The van der Waals surface area contributed by atoms with Gasteiger partial charge in [-0.2, -0.15) is 5.06 Å². The minimum atomic E-state index is -1.11. The highest BCUT2D eigenvalue weighted by Gasteiger charge is 2.74. The van der Waals surface area contributed by atoms with E-state index in [1.807, 2.05) is 22.6 Å². The average molecular weight is 484 g/mol. The molecule has 0 amide bonds. The summed E-state index contributed by atoms with van der Waals surface area (Å²) in [6.07, 6.45) is 7.85. The van der Waals surface area contributed by atoms with Crippen molar-refractivity contribution in [3.05, 3.63) is 46.2 Å². The Morgan fingerprint density at radius 2 is 2.18 bits per heavy atom. The number of aliphatic hydroxyl groups is 2. The Kier molecular flexibility index (Phi) is 5.15. The van der Waals surface area contributed by atoms with Crippen LogP contribution in [0, 0.1) is 34.5 Å². The summed E-state index contributed by atoms with van der Waals surface area (Å²) in [6.45, 7) is 4.99. The molecule has 2 heterocycles. The first-order chi connectivity index (χ1) is 16.2. The predicted octanol–water partition coefficient (Wildman–Crippen LogP) is 3.30. The lowest BCUT2D eigenvalue weighted by atomic mass is 9.47. The number of carbonyl (C=O) groups excluding carboxylic acids is 2. The number of hydrogen-bond donors (Lipinski definition) is 2. The summed E-state index contributed by atoms with van der Waals surface area (Å²) in [5.41, 5.74) is -0.895. The van der Waals surface area contributed by atoms with Crippen molar-refractivity contribution >= 4 is 22.9 Å². The molecule has 182 valence electrons. The Hall–Kier alpha value is -1.64. The van der Waals surface area contributed by atoms with Crippen molar-refractivity contribution in [3.8, 4) is 0 Å². The van der Waals surface area contributed by atoms with Crippen LogP contribution in [0.5, 0.6) is 0 Å². The van der Waals surface area contributed by atoms with Crippen LogP contribution in [0.2, 0.25) is 0 Å². The minimum absolute atomic E-state index is 0.0113. The quantitative estimate of drug-likeness (QED) is 0.639. The molecule has 0 aromatic carbocycles. The van der Waals surface area contributed by atoms with Crippen LogP contribution in [0.4, 0.5) is 0 Å². The molecule has 4 aliphatic carbocycles. The molecule has 0 unspecified atom stereocenters. The molecule has 7 heteroatoms. The van der Waals surface area contributed by atoms with Crippen LogP contribution >= 0.6 is 11.3 Å². The summed E-state index contributed by atoms with van der Waals surface area (Å²) in [6, 6.07) is 4.08. The zero-order valence-corrected chi connectivity index (χ0v) is 20.6. The van der Waals surface area contributed by atoms with Gasteiger partial charge >= 0.3 is 0 Å². The number of ketones is 2. The fourth-order valence-corrected chi connectivity index (χ4v) is 9.35. The van der Waals surface area contributed by atoms with Gasteiger partial charge in [-0.05, 0) is 48.6 Å². The maximum atomic E-state index is 13.5. The predicted molar refractivity (Wildman–Crippen MR) is 128 cm³/mol. The van der Waals surface area contributed by atoms with Crippen LogP contribution < -0.4 is 0 Å². The molecule has 0 radical (unpaired) electrons. The Labute approximate surface area is 204 Å². The third-order valence-corrected chi connectivity index (χ3v) is 10.8. The highest BCUT2D eigenvalue weighted by Crippen LogP contribution is 2.70. The molecule has 6 nitrogen and oxygen atoms in total. The molecule has 0 bridgehead atoms. The Morgan fingerprint density at radius 3 is 2.91 bits per heavy atom. The number of nitrogens with zero attached hydrogens (tertiary/aromatic N) is 1. The van der Waals surface area contributed by atoms with Gasteiger partial charge in [0.25, 0.3) is 0 Å². The highest BCUT2D eigenvalue weighted by molar-refractivity contribution is 7.09. The summed E-state index contributed by atoms with van der Waals surface area (Å²) in [7, 11) is 0. The molecule has 1 aromatic rings. The second-order valence-corrected chi connectivity index (χ2v) is 12.5. The number of hydrogen-bond acceptors (Lipinski definition) is 7. The SMILES string of the molecule is C[C@]12C=CC(=O)CC1=CC[C@@H]1[C@@H]2[C@@H](O)C[C@@]2(C)[C@H]1C[C@H]1CN(Cc3cccs3)O[C@]12C(=O)CO. The number of aliphatic hydroxyl groups excluding tert-OH is 2. The Balaban J connectivity index is 1.38. The standard InChI is InChI=1S/C27H33NO5S/c1-25-8-7-18(30)10-16(25)5-6-20-21-11-17-13-28(14-19-4-3-9-34-19)33-27(17,23(32)15-29)26(21,2)12-22(31)24(20)25/h3-5,7-9,17,20-22,24,29,31H,6,10-15H2,1-2H3/t17-,20-,21-,22-,24+,25-,26-,27-/m0/s1. The van der Waals surface area contributed by atoms with Crippen molar-refractivity contribution in [2.24, 2.45) is 34.5 Å². The molecule has 8 atom stereocenters. The first-order valence-electron chi connectivity index (χ1n) is 12.4. The normalized spacial score (nSPS) is 45.4. The number of Topliss-reactive ketones (excluding diaryl/α,β-unsaturated/α-hetero) is 1. The van der Waals surface area contributed by atoms with E-state index in [2.05, 4.69) is 26.0 Å². The first-order valence-corrected chi connectivity index (χ1v) is 13.3. The van der Waals surface area contributed by atoms with Gasteiger partial charge in [0, 0.05) is 40.5 Å². The minimum Gasteiger partial charge on any atom is -0.393 e. The van der Waals surface area contributed by atoms with Gasteiger partial charge in [-0.25, -0.2) is 0 Å². The highest BCUT2D eigenvalue weighted by atomic mass is 32.1. The van der Waals surface area contributed by atoms with Gasteiger partial charge in [0.2, 0.25) is 0 Å². The first kappa shape index (κ1) is 22.8. The van der Waals surface area contributed by atoms with Crippen LogP contribution in [-0.2, 0) is 21.0 Å². The van der Waals surface area contributed by atoms with Crippen molar-refractivity contribution in [3.63, 3.8) is 0 Å². The van der Waals surface area contributed by atoms with E-state index in [0.29, 0.717) is 25.9 Å². The van der Waals surface area contributed by atoms with Crippen LogP contribution in [-0.4, -0.2) is 51.7 Å². The lowest BCUT2D eigenvalue weighted by molar-refractivity contribution is -0.253. The molecule has 1 aromatic heterocycles. The molecule has 2 N–H and O–H groups in total. The van der Waals surface area contributed by atoms with E-state index in [-0.39, 0.29) is 40.7 Å². The van der Waals surface area contributed by atoms with Crippen molar-refractivity contribution < 1.29 is 24.6 Å². The Bertz CT molecular complexity index is 1080. The summed E-state index contributed by atoms with van der Waals surface area (Å²) in [5, 5.41) is 25.6. The fourth-order valence-electron chi connectivity index (χ4n) is 8.64. The van der Waals surface area contributed by atoms with Crippen molar-refractivity contribution in [2.45, 2.75) is 57.8 Å². The number of rotatable bonds is 4. The topological polar surface area (TPSA) is 87.1 Å². The van der Waals surface area contributed by atoms with E-state index in [1.165, 1.54) is 4.88 Å². The molecule has 3 fully saturated rings. The molecule has 1 aliphatic heterocycles. The smallest absolute Gasteiger partial charge is 0.192 e. The Morgan fingerprint density at radius 1 is 1.35 bits per heavy atom. The second kappa shape index (κ2) is 7.68. The van der Waals surface area contributed by atoms with E-state index in [4.69, 9.17) is 4.84 Å². The van der Waals surface area contributed by atoms with Gasteiger partial charge in [0.15, 0.2) is 17.2 Å². The van der Waals surface area contributed by atoms with Crippen LogP contribution in [0.15, 0.2) is 41.3 Å². The number of allylic oxidation sites excluding steroid dienone is 4. The number of hydroxylamine groups is 2. The van der Waals surface area contributed by atoms with Crippen molar-refractivity contribution in [2.75, 3.05) is 13.2 Å². The molecule has 1 saturated heterocycles. The molecule has 5 aliphatic rings. The van der Waals surface area contributed by atoms with Crippen LogP contribution in [0.1, 0.15) is 44.4 Å². The van der Waals surface area contributed by atoms with Gasteiger partial charge < -0.3 is 10.2 Å². The summed E-state index contributed by atoms with van der Waals surface area (Å²) >= 11 is 1.67. The van der Waals surface area contributed by atoms with E-state index in [0.717, 1.165) is 18.4 Å². The van der Waals surface area contributed by atoms with Crippen molar-refractivity contribution in [1.29, 1.82) is 0 Å². The monoisotopic (exact) mass is 483 g/mol. The third kappa shape index (κ3) is 2.88. The maximum absolute atomic E-state index is 13.5. The lowest BCUT2D eigenvalue weighted by Crippen LogP contribution is -2.63. The van der Waals surface area contributed by atoms with Gasteiger partial charge in [0.05, 0.1) is 12.6 Å². The van der Waals surface area contributed by atoms with Crippen LogP contribution in [0.25, 0.3) is 0 Å². The zero-order valence-electron chi connectivity index (χ0n) is 19.8. The van der Waals surface area contributed by atoms with E-state index >= 15 is 0 Å². The van der Waals surface area contributed by atoms with E-state index in [9.17, 15) is 19.8 Å². The van der Waals surface area contributed by atoms with Crippen LogP contribution in [0.3, 0.4) is 0 Å². The maximum Gasteiger partial charge on any atom is 0.192 e. The molecule has 2 saturated carbocycles. The number of fused-ring (bicyclic) bond motifs is 7. The lowest BCUT2D eigenvalue weighted by Gasteiger charge is -2.59. The number of carbonyl (C=O) groups is 2. The van der Waals surface area contributed by atoms with Gasteiger partial charge in [-0.3, -0.25) is 14.4 Å². The third-order valence-electron chi connectivity index (χ3n) is 9.97. The molecular weight excluding hydrogens is 450 g/mol. The van der Waals surface area contributed by atoms with E-state index in [1.54, 1.807) is 17.4 Å². The molecule has 34 heavy (non-hydrogen) atoms. The van der Waals surface area contributed by atoms with Gasteiger partial charge in [-0.1, -0.05) is 37.6 Å². The van der Waals surface area contributed by atoms with Gasteiger partial charge in [-0.15, -0.1) is 11.3 Å². The molecule has 0 spiro atoms. The van der Waals surface area contributed by atoms with Crippen molar-refractivity contribution in [1.82, 2.24) is 5.06 Å². The summed E-state index contributed by atoms with van der Waals surface area (Å²) < 4.78 is 0. The fraction of sp³-hybridized carbons (Fsp3) is 0.630. The molecular formula is C27H33NO5S. The average Bonchev–Trinajstić information content (AvgIpc) is 3.49. The number of thiophene rings is 1.